The molecule has 6 nitrogen and oxygen atoms in total. The highest BCUT2D eigenvalue weighted by molar-refractivity contribution is 6.10. The molecule has 280 valence electrons. The Labute approximate surface area is 333 Å². The average Bonchev–Trinajstić information content (AvgIpc) is 3.82. The van der Waals surface area contributed by atoms with E-state index in [0.717, 1.165) is 46.2 Å². The van der Waals surface area contributed by atoms with Crippen LogP contribution in [0.25, 0.3) is 66.9 Å². The summed E-state index contributed by atoms with van der Waals surface area (Å²) in [5.41, 5.74) is 10.3. The van der Waals surface area contributed by atoms with Gasteiger partial charge in [0.05, 0.1) is 33.3 Å². The van der Waals surface area contributed by atoms with Crippen molar-refractivity contribution in [2.45, 2.75) is 76.7 Å². The minimum atomic E-state index is -0.117. The van der Waals surface area contributed by atoms with Crippen molar-refractivity contribution >= 4 is 55.0 Å². The minimum Gasteiger partial charge on any atom is -0.334 e. The Balaban J connectivity index is 1.22. The number of aromatic nitrogens is 5. The van der Waals surface area contributed by atoms with E-state index in [1.54, 1.807) is 0 Å². The van der Waals surface area contributed by atoms with Crippen LogP contribution in [-0.2, 0) is 10.8 Å². The van der Waals surface area contributed by atoms with Gasteiger partial charge in [-0.2, -0.15) is 15.0 Å². The van der Waals surface area contributed by atoms with Crippen LogP contribution in [0.2, 0.25) is 0 Å². The van der Waals surface area contributed by atoms with Crippen LogP contribution in [0.5, 0.6) is 0 Å². The Hall–Kier alpha value is -6.27. The van der Waals surface area contributed by atoms with E-state index in [1.165, 1.54) is 51.2 Å². The van der Waals surface area contributed by atoms with Gasteiger partial charge in [0.1, 0.15) is 0 Å². The van der Waals surface area contributed by atoms with Crippen LogP contribution < -0.4 is 4.90 Å². The maximum Gasteiger partial charge on any atom is 0.240 e. The Morgan fingerprint density at radius 2 is 1.02 bits per heavy atom. The lowest BCUT2D eigenvalue weighted by molar-refractivity contribution is 0.195. The highest BCUT2D eigenvalue weighted by Gasteiger charge is 2.57. The molecule has 6 heteroatoms. The van der Waals surface area contributed by atoms with Gasteiger partial charge in [-0.05, 0) is 84.8 Å². The summed E-state index contributed by atoms with van der Waals surface area (Å²) >= 11 is 0. The monoisotopic (exact) mass is 742 g/mol. The molecule has 0 N–H and O–H groups in total. The molecule has 6 aromatic carbocycles. The molecule has 2 aliphatic rings. The van der Waals surface area contributed by atoms with Gasteiger partial charge < -0.3 is 4.90 Å². The van der Waals surface area contributed by atoms with Crippen LogP contribution in [-0.4, -0.2) is 29.6 Å². The third-order valence-corrected chi connectivity index (χ3v) is 13.5. The molecular formula is C51H46N6. The zero-order chi connectivity index (χ0) is 38.7. The lowest BCUT2D eigenvalue weighted by atomic mass is 9.61. The van der Waals surface area contributed by atoms with Crippen LogP contribution in [0.3, 0.4) is 0 Å². The van der Waals surface area contributed by atoms with Gasteiger partial charge in [0, 0.05) is 38.2 Å². The topological polar surface area (TPSA) is 51.8 Å². The highest BCUT2D eigenvalue weighted by atomic mass is 15.3. The van der Waals surface area contributed by atoms with Crippen molar-refractivity contribution in [1.29, 1.82) is 0 Å². The van der Waals surface area contributed by atoms with Gasteiger partial charge in [0.15, 0.2) is 5.82 Å². The van der Waals surface area contributed by atoms with Crippen molar-refractivity contribution in [2.24, 2.45) is 0 Å². The molecule has 0 saturated heterocycles. The van der Waals surface area contributed by atoms with Crippen LogP contribution in [0.15, 0.2) is 140 Å². The number of rotatable bonds is 4. The first-order chi connectivity index (χ1) is 27.7. The molecule has 0 spiro atoms. The molecule has 2 unspecified atom stereocenters. The molecular weight excluding hydrogens is 697 g/mol. The second-order valence-corrected chi connectivity index (χ2v) is 17.6. The lowest BCUT2D eigenvalue weighted by Crippen LogP contribution is -2.54. The first-order valence-corrected chi connectivity index (χ1v) is 20.4. The largest absolute Gasteiger partial charge is 0.334 e. The van der Waals surface area contributed by atoms with Crippen molar-refractivity contribution in [2.75, 3.05) is 4.90 Å². The zero-order valence-electron chi connectivity index (χ0n) is 33.3. The standard InChI is InChI=1S/C51H46N6/c1-49(2,3)33-28-29-43-38(32-33)36-20-8-13-25-42(36)56(43)48-53-46(52-47(54-48)55-40-23-11-6-18-34(40)35-19-7-12-24-41(35)55)37-21-9-14-26-44(37)57-45-27-15-10-22-39(45)50(4)30-16-17-31-51(50,57)5/h6-15,18-29,32H,16-17,30-31H2,1-5H3. The average molecular weight is 743 g/mol. The third-order valence-electron chi connectivity index (χ3n) is 13.5. The quantitative estimate of drug-likeness (QED) is 0.180. The first kappa shape index (κ1) is 34.0. The summed E-state index contributed by atoms with van der Waals surface area (Å²) < 4.78 is 4.46. The Kier molecular flexibility index (Phi) is 7.23. The molecule has 0 bridgehead atoms. The van der Waals surface area contributed by atoms with Crippen molar-refractivity contribution in [3.8, 4) is 23.3 Å². The molecule has 4 heterocycles. The predicted molar refractivity (Wildman–Crippen MR) is 235 cm³/mol. The van der Waals surface area contributed by atoms with Gasteiger partial charge in [-0.3, -0.25) is 9.13 Å². The molecule has 2 atom stereocenters. The van der Waals surface area contributed by atoms with Gasteiger partial charge in [-0.25, -0.2) is 0 Å². The number of para-hydroxylation sites is 5. The van der Waals surface area contributed by atoms with E-state index in [9.17, 15) is 0 Å². The first-order valence-electron chi connectivity index (χ1n) is 20.4. The highest BCUT2D eigenvalue weighted by Crippen LogP contribution is 2.61. The van der Waals surface area contributed by atoms with Crippen LogP contribution in [0.4, 0.5) is 11.4 Å². The fourth-order valence-electron chi connectivity index (χ4n) is 10.4. The lowest BCUT2D eigenvalue weighted by Gasteiger charge is -2.50. The third kappa shape index (κ3) is 4.79. The molecule has 9 aromatic rings. The number of hydrogen-bond donors (Lipinski definition) is 0. The summed E-state index contributed by atoms with van der Waals surface area (Å²) in [5.74, 6) is 1.84. The smallest absolute Gasteiger partial charge is 0.240 e. The maximum atomic E-state index is 5.52. The predicted octanol–water partition coefficient (Wildman–Crippen LogP) is 12.8. The number of benzene rings is 6. The van der Waals surface area contributed by atoms with Crippen LogP contribution in [0, 0.1) is 0 Å². The van der Waals surface area contributed by atoms with Crippen molar-refractivity contribution in [3.05, 3.63) is 151 Å². The van der Waals surface area contributed by atoms with Gasteiger partial charge in [0.25, 0.3) is 0 Å². The van der Waals surface area contributed by atoms with Crippen LogP contribution >= 0.6 is 0 Å². The molecule has 1 aliphatic carbocycles. The summed E-state index contributed by atoms with van der Waals surface area (Å²) in [6, 6.07) is 50.5. The fourth-order valence-corrected chi connectivity index (χ4v) is 10.4. The Morgan fingerprint density at radius 3 is 1.65 bits per heavy atom. The molecule has 0 radical (unpaired) electrons. The molecule has 0 amide bonds. The summed E-state index contributed by atoms with van der Waals surface area (Å²) in [7, 11) is 0. The van der Waals surface area contributed by atoms with Crippen molar-refractivity contribution in [1.82, 2.24) is 24.1 Å². The zero-order valence-corrected chi connectivity index (χ0v) is 33.3. The van der Waals surface area contributed by atoms with E-state index in [-0.39, 0.29) is 16.4 Å². The number of hydrogen-bond acceptors (Lipinski definition) is 4. The van der Waals surface area contributed by atoms with Crippen molar-refractivity contribution < 1.29 is 0 Å². The number of anilines is 2. The van der Waals surface area contributed by atoms with E-state index in [0.29, 0.717) is 17.7 Å². The van der Waals surface area contributed by atoms with E-state index >= 15 is 0 Å². The number of fused-ring (bicyclic) bond motifs is 9. The molecule has 3 aromatic heterocycles. The Morgan fingerprint density at radius 1 is 0.509 bits per heavy atom. The Bertz CT molecular complexity index is 3020. The van der Waals surface area contributed by atoms with Gasteiger partial charge in [-0.15, -0.1) is 0 Å². The van der Waals surface area contributed by atoms with Gasteiger partial charge >= 0.3 is 0 Å². The van der Waals surface area contributed by atoms with E-state index in [2.05, 4.69) is 188 Å². The van der Waals surface area contributed by atoms with E-state index in [4.69, 9.17) is 15.0 Å². The molecule has 1 fully saturated rings. The van der Waals surface area contributed by atoms with Gasteiger partial charge in [-0.1, -0.05) is 132 Å². The van der Waals surface area contributed by atoms with E-state index < -0.39 is 0 Å². The molecule has 1 saturated carbocycles. The molecule has 1 aliphatic heterocycles. The minimum absolute atomic E-state index is 0.00435. The van der Waals surface area contributed by atoms with Crippen molar-refractivity contribution in [3.63, 3.8) is 0 Å². The summed E-state index contributed by atoms with van der Waals surface area (Å²) in [6.07, 6.45) is 4.72. The number of nitrogens with zero attached hydrogens (tertiary/aromatic N) is 6. The fraction of sp³-hybridized carbons (Fsp3) is 0.235. The van der Waals surface area contributed by atoms with Gasteiger partial charge in [0.2, 0.25) is 11.9 Å². The second-order valence-electron chi connectivity index (χ2n) is 17.6. The summed E-state index contributed by atoms with van der Waals surface area (Å²) in [4.78, 5) is 19.1. The molecule has 11 rings (SSSR count). The van der Waals surface area contributed by atoms with Crippen LogP contribution in [0.1, 0.15) is 71.4 Å². The summed E-state index contributed by atoms with van der Waals surface area (Å²) in [5, 5.41) is 4.71. The molecule has 57 heavy (non-hydrogen) atoms. The normalized spacial score (nSPS) is 19.5. The van der Waals surface area contributed by atoms with E-state index in [1.807, 2.05) is 0 Å². The second kappa shape index (κ2) is 12.1. The SMILES string of the molecule is CC(C)(C)c1ccc2c(c1)c1ccccc1n2-c1nc(-c2ccccc2N2c3ccccc3C3(C)CCCCC23C)nc(-n2c3ccccc3c3ccccc32)n1. The summed E-state index contributed by atoms with van der Waals surface area (Å²) in [6.45, 7) is 11.8. The maximum absolute atomic E-state index is 5.52.